The molecule has 2 aromatic rings. The van der Waals surface area contributed by atoms with Gasteiger partial charge in [-0.15, -0.1) is 0 Å². The van der Waals surface area contributed by atoms with Gasteiger partial charge in [0.2, 0.25) is 0 Å². The van der Waals surface area contributed by atoms with Crippen LogP contribution in [0.4, 0.5) is 5.82 Å². The predicted molar refractivity (Wildman–Crippen MR) is 72.9 cm³/mol. The molecule has 5 heteroatoms. The molecule has 1 N–H and O–H groups in total. The van der Waals surface area contributed by atoms with Gasteiger partial charge in [-0.05, 0) is 17.9 Å². The highest BCUT2D eigenvalue weighted by Crippen LogP contribution is 2.28. The predicted octanol–water partition coefficient (Wildman–Crippen LogP) is 1.76. The number of hydrogen-bond donors (Lipinski definition) is 1. The molecule has 0 saturated carbocycles. The lowest BCUT2D eigenvalue weighted by Crippen LogP contribution is -2.44. The monoisotopic (exact) mass is 258 g/mol. The van der Waals surface area contributed by atoms with Crippen LogP contribution in [0, 0.1) is 0 Å². The maximum absolute atomic E-state index is 4.58. The van der Waals surface area contributed by atoms with Crippen LogP contribution in [0.3, 0.4) is 0 Å². The molecule has 18 heavy (non-hydrogen) atoms. The number of aromatic nitrogens is 2. The van der Waals surface area contributed by atoms with E-state index in [0.29, 0.717) is 12.1 Å². The zero-order valence-corrected chi connectivity index (χ0v) is 10.7. The summed E-state index contributed by atoms with van der Waals surface area (Å²) in [4.78, 5) is 11.5. The zero-order chi connectivity index (χ0) is 11.9. The quantitative estimate of drug-likeness (QED) is 0.891. The van der Waals surface area contributed by atoms with Gasteiger partial charge in [0.05, 0.1) is 18.1 Å². The Morgan fingerprint density at radius 2 is 2.33 bits per heavy atom. The fraction of sp³-hybridized carbons (Fsp3) is 0.385. The van der Waals surface area contributed by atoms with Crippen LogP contribution in [0.25, 0.3) is 11.3 Å². The number of thiophene rings is 1. The molecule has 2 atom stereocenters. The van der Waals surface area contributed by atoms with Crippen LogP contribution in [0.15, 0.2) is 29.2 Å². The summed E-state index contributed by atoms with van der Waals surface area (Å²) in [5.74, 6) is 1.02. The third kappa shape index (κ3) is 1.62. The molecule has 0 radical (unpaired) electrons. The molecule has 0 amide bonds. The minimum atomic E-state index is 0.608. The highest BCUT2D eigenvalue weighted by molar-refractivity contribution is 7.08. The van der Waals surface area contributed by atoms with Gasteiger partial charge < -0.3 is 10.2 Å². The molecule has 0 unspecified atom stereocenters. The van der Waals surface area contributed by atoms with Gasteiger partial charge in [-0.1, -0.05) is 0 Å². The molecule has 0 spiro atoms. The largest absolute Gasteiger partial charge is 0.349 e. The molecule has 2 aromatic heterocycles. The van der Waals surface area contributed by atoms with E-state index in [2.05, 4.69) is 37.0 Å². The van der Waals surface area contributed by atoms with Crippen LogP contribution in [-0.4, -0.2) is 35.1 Å². The zero-order valence-electron chi connectivity index (χ0n) is 9.91. The van der Waals surface area contributed by atoms with Gasteiger partial charge >= 0.3 is 0 Å². The van der Waals surface area contributed by atoms with Gasteiger partial charge in [-0.25, -0.2) is 4.98 Å². The molecule has 0 aliphatic carbocycles. The molecule has 2 aliphatic heterocycles. The first kappa shape index (κ1) is 10.5. The van der Waals surface area contributed by atoms with Crippen LogP contribution < -0.4 is 10.2 Å². The molecule has 2 saturated heterocycles. The van der Waals surface area contributed by atoms with Crippen LogP contribution >= 0.6 is 11.3 Å². The van der Waals surface area contributed by atoms with Crippen molar-refractivity contribution in [2.75, 3.05) is 18.0 Å². The standard InChI is InChI=1S/C13H14N4S/c1-2-18-8-9(1)12-5-16-13(6-15-12)17-7-10-3-11(17)4-14-10/h1-2,5-6,8,10-11,14H,3-4,7H2/t10-,11+/m1/s1. The van der Waals surface area contributed by atoms with Crippen LogP contribution in [-0.2, 0) is 0 Å². The molecule has 4 rings (SSSR count). The summed E-state index contributed by atoms with van der Waals surface area (Å²) in [6.07, 6.45) is 5.04. The van der Waals surface area contributed by atoms with E-state index in [4.69, 9.17) is 0 Å². The molecule has 2 aliphatic rings. The number of nitrogens with one attached hydrogen (secondary N) is 1. The third-order valence-corrected chi connectivity index (χ3v) is 4.49. The molecule has 2 bridgehead atoms. The Bertz CT molecular complexity index is 537. The van der Waals surface area contributed by atoms with Crippen molar-refractivity contribution in [3.05, 3.63) is 29.2 Å². The van der Waals surface area contributed by atoms with Crippen molar-refractivity contribution in [1.29, 1.82) is 0 Å². The molecule has 92 valence electrons. The van der Waals surface area contributed by atoms with Gasteiger partial charge in [0.25, 0.3) is 0 Å². The summed E-state index contributed by atoms with van der Waals surface area (Å²) in [6, 6.07) is 3.33. The Morgan fingerprint density at radius 1 is 1.33 bits per heavy atom. The Morgan fingerprint density at radius 3 is 2.94 bits per heavy atom. The van der Waals surface area contributed by atoms with E-state index in [1.54, 1.807) is 11.3 Å². The number of rotatable bonds is 2. The van der Waals surface area contributed by atoms with Crippen LogP contribution in [0.2, 0.25) is 0 Å². The third-order valence-electron chi connectivity index (χ3n) is 3.81. The highest BCUT2D eigenvalue weighted by Gasteiger charge is 2.38. The molecule has 2 fully saturated rings. The number of anilines is 1. The van der Waals surface area contributed by atoms with Gasteiger partial charge in [0.15, 0.2) is 0 Å². The second-order valence-electron chi connectivity index (χ2n) is 4.92. The van der Waals surface area contributed by atoms with Crippen molar-refractivity contribution in [2.45, 2.75) is 18.5 Å². The smallest absolute Gasteiger partial charge is 0.147 e. The number of hydrogen-bond acceptors (Lipinski definition) is 5. The van der Waals surface area contributed by atoms with Crippen molar-refractivity contribution in [3.63, 3.8) is 0 Å². The fourth-order valence-electron chi connectivity index (χ4n) is 2.87. The van der Waals surface area contributed by atoms with E-state index >= 15 is 0 Å². The van der Waals surface area contributed by atoms with Crippen LogP contribution in [0.5, 0.6) is 0 Å². The summed E-state index contributed by atoms with van der Waals surface area (Å²) < 4.78 is 0. The maximum atomic E-state index is 4.58. The lowest BCUT2D eigenvalue weighted by atomic mass is 10.2. The normalized spacial score (nSPS) is 25.9. The van der Waals surface area contributed by atoms with Crippen molar-refractivity contribution < 1.29 is 0 Å². The fourth-order valence-corrected chi connectivity index (χ4v) is 3.52. The number of fused-ring (bicyclic) bond motifs is 2. The minimum Gasteiger partial charge on any atom is -0.349 e. The first-order valence-corrected chi connectivity index (χ1v) is 7.19. The molecule has 4 nitrogen and oxygen atoms in total. The van der Waals surface area contributed by atoms with Gasteiger partial charge in [0.1, 0.15) is 5.82 Å². The van der Waals surface area contributed by atoms with E-state index in [1.807, 2.05) is 12.4 Å². The molecule has 4 heterocycles. The lowest BCUT2D eigenvalue weighted by molar-refractivity contribution is 0.576. The van der Waals surface area contributed by atoms with Crippen molar-refractivity contribution >= 4 is 17.2 Å². The van der Waals surface area contributed by atoms with Gasteiger partial charge in [-0.2, -0.15) is 11.3 Å². The first-order valence-electron chi connectivity index (χ1n) is 6.25. The Kier molecular flexibility index (Phi) is 2.34. The number of piperazine rings is 1. The van der Waals surface area contributed by atoms with Gasteiger partial charge in [-0.3, -0.25) is 4.98 Å². The summed E-state index contributed by atoms with van der Waals surface area (Å²) in [6.45, 7) is 2.15. The highest BCUT2D eigenvalue weighted by atomic mass is 32.1. The molecule has 0 aromatic carbocycles. The van der Waals surface area contributed by atoms with Crippen molar-refractivity contribution in [2.24, 2.45) is 0 Å². The summed E-state index contributed by atoms with van der Waals surface area (Å²) in [5.41, 5.74) is 2.12. The topological polar surface area (TPSA) is 41.1 Å². The Hall–Kier alpha value is -1.46. The maximum Gasteiger partial charge on any atom is 0.147 e. The number of nitrogens with zero attached hydrogens (tertiary/aromatic N) is 3. The van der Waals surface area contributed by atoms with Crippen LogP contribution in [0.1, 0.15) is 6.42 Å². The summed E-state index contributed by atoms with van der Waals surface area (Å²) >= 11 is 1.69. The minimum absolute atomic E-state index is 0.608. The van der Waals surface area contributed by atoms with Crippen molar-refractivity contribution in [3.8, 4) is 11.3 Å². The second-order valence-corrected chi connectivity index (χ2v) is 5.70. The Balaban J connectivity index is 1.60. The summed E-state index contributed by atoms with van der Waals surface area (Å²) in [5, 5.41) is 7.67. The SMILES string of the molecule is c1cc(-c2cnc(N3C[C@H]4C[C@H]3CN4)cn2)cs1. The first-order chi connectivity index (χ1) is 8.90. The van der Waals surface area contributed by atoms with E-state index < -0.39 is 0 Å². The van der Waals surface area contributed by atoms with E-state index in [-0.39, 0.29) is 0 Å². The van der Waals surface area contributed by atoms with Gasteiger partial charge in [0, 0.05) is 36.1 Å². The average molecular weight is 258 g/mol. The average Bonchev–Trinajstić information content (AvgIpc) is 3.16. The lowest BCUT2D eigenvalue weighted by Gasteiger charge is -2.28. The second kappa shape index (κ2) is 4.03. The van der Waals surface area contributed by atoms with E-state index in [9.17, 15) is 0 Å². The summed E-state index contributed by atoms with van der Waals surface area (Å²) in [7, 11) is 0. The molecular formula is C13H14N4S. The Labute approximate surface area is 110 Å². The van der Waals surface area contributed by atoms with E-state index in [1.165, 1.54) is 6.42 Å². The van der Waals surface area contributed by atoms with Crippen molar-refractivity contribution in [1.82, 2.24) is 15.3 Å². The van der Waals surface area contributed by atoms with E-state index in [0.717, 1.165) is 30.2 Å². The molecular weight excluding hydrogens is 244 g/mol.